The second-order valence-electron chi connectivity index (χ2n) is 4.90. The summed E-state index contributed by atoms with van der Waals surface area (Å²) in [6.45, 7) is 4.33. The predicted octanol–water partition coefficient (Wildman–Crippen LogP) is 3.30. The SMILES string of the molecule is CCc1ccccc1C(Cc1ccccc1C)NN. The molecular formula is C17H22N2. The summed E-state index contributed by atoms with van der Waals surface area (Å²) in [6.07, 6.45) is 1.95. The maximum absolute atomic E-state index is 5.78. The van der Waals surface area contributed by atoms with Crippen molar-refractivity contribution in [3.63, 3.8) is 0 Å². The zero-order chi connectivity index (χ0) is 13.7. The van der Waals surface area contributed by atoms with E-state index in [-0.39, 0.29) is 6.04 Å². The first kappa shape index (κ1) is 13.8. The van der Waals surface area contributed by atoms with Crippen LogP contribution in [0.15, 0.2) is 48.5 Å². The van der Waals surface area contributed by atoms with E-state index in [9.17, 15) is 0 Å². The van der Waals surface area contributed by atoms with E-state index in [1.807, 2.05) is 0 Å². The van der Waals surface area contributed by atoms with E-state index in [4.69, 9.17) is 5.84 Å². The summed E-state index contributed by atoms with van der Waals surface area (Å²) in [5.74, 6) is 5.78. The van der Waals surface area contributed by atoms with Crippen LogP contribution in [-0.4, -0.2) is 0 Å². The van der Waals surface area contributed by atoms with Crippen molar-refractivity contribution in [2.24, 2.45) is 5.84 Å². The number of nitrogens with one attached hydrogen (secondary N) is 1. The van der Waals surface area contributed by atoms with E-state index in [1.165, 1.54) is 22.3 Å². The number of rotatable bonds is 5. The lowest BCUT2D eigenvalue weighted by molar-refractivity contribution is 0.546. The topological polar surface area (TPSA) is 38.0 Å². The molecule has 0 spiro atoms. The molecular weight excluding hydrogens is 232 g/mol. The Morgan fingerprint density at radius 1 is 1.00 bits per heavy atom. The fourth-order valence-electron chi connectivity index (χ4n) is 2.51. The van der Waals surface area contributed by atoms with Gasteiger partial charge in [0, 0.05) is 0 Å². The third-order valence-electron chi connectivity index (χ3n) is 3.70. The molecule has 0 radical (unpaired) electrons. The van der Waals surface area contributed by atoms with Gasteiger partial charge in [0.05, 0.1) is 6.04 Å². The highest BCUT2D eigenvalue weighted by atomic mass is 15.2. The molecule has 0 bridgehead atoms. The minimum absolute atomic E-state index is 0.164. The quantitative estimate of drug-likeness (QED) is 0.634. The van der Waals surface area contributed by atoms with Crippen molar-refractivity contribution in [1.29, 1.82) is 0 Å². The lowest BCUT2D eigenvalue weighted by Gasteiger charge is -2.20. The summed E-state index contributed by atoms with van der Waals surface area (Å²) >= 11 is 0. The highest BCUT2D eigenvalue weighted by Gasteiger charge is 2.14. The lowest BCUT2D eigenvalue weighted by atomic mass is 9.92. The third-order valence-corrected chi connectivity index (χ3v) is 3.70. The van der Waals surface area contributed by atoms with Gasteiger partial charge in [0.1, 0.15) is 0 Å². The van der Waals surface area contributed by atoms with Crippen LogP contribution in [0, 0.1) is 6.92 Å². The molecule has 2 rings (SSSR count). The standard InChI is InChI=1S/C17H22N2/c1-3-14-9-6-7-11-16(14)17(19-18)12-15-10-5-4-8-13(15)2/h4-11,17,19H,3,12,18H2,1-2H3. The molecule has 1 unspecified atom stereocenters. The zero-order valence-corrected chi connectivity index (χ0v) is 11.7. The van der Waals surface area contributed by atoms with E-state index in [2.05, 4.69) is 67.8 Å². The molecule has 1 atom stereocenters. The van der Waals surface area contributed by atoms with Crippen molar-refractivity contribution in [1.82, 2.24) is 5.43 Å². The Balaban J connectivity index is 2.28. The molecule has 2 heteroatoms. The van der Waals surface area contributed by atoms with Gasteiger partial charge >= 0.3 is 0 Å². The van der Waals surface area contributed by atoms with Crippen LogP contribution in [-0.2, 0) is 12.8 Å². The van der Waals surface area contributed by atoms with Gasteiger partial charge < -0.3 is 0 Å². The Morgan fingerprint density at radius 3 is 2.26 bits per heavy atom. The fourth-order valence-corrected chi connectivity index (χ4v) is 2.51. The molecule has 0 aliphatic carbocycles. The molecule has 0 heterocycles. The Hall–Kier alpha value is -1.64. The molecule has 0 aliphatic rings. The van der Waals surface area contributed by atoms with Crippen molar-refractivity contribution in [3.05, 3.63) is 70.8 Å². The van der Waals surface area contributed by atoms with Crippen molar-refractivity contribution in [2.45, 2.75) is 32.7 Å². The Kier molecular flexibility index (Phi) is 4.72. The number of hydrazine groups is 1. The Bertz CT molecular complexity index is 534. The Labute approximate surface area is 115 Å². The van der Waals surface area contributed by atoms with Crippen LogP contribution in [0.5, 0.6) is 0 Å². The van der Waals surface area contributed by atoms with Gasteiger partial charge in [0.25, 0.3) is 0 Å². The van der Waals surface area contributed by atoms with Gasteiger partial charge in [-0.15, -0.1) is 0 Å². The van der Waals surface area contributed by atoms with E-state index >= 15 is 0 Å². The third kappa shape index (κ3) is 3.22. The van der Waals surface area contributed by atoms with Gasteiger partial charge in [-0.2, -0.15) is 0 Å². The van der Waals surface area contributed by atoms with Crippen LogP contribution in [0.3, 0.4) is 0 Å². The van der Waals surface area contributed by atoms with Crippen molar-refractivity contribution in [2.75, 3.05) is 0 Å². The van der Waals surface area contributed by atoms with Gasteiger partial charge in [-0.1, -0.05) is 55.5 Å². The summed E-state index contributed by atoms with van der Waals surface area (Å²) in [4.78, 5) is 0. The van der Waals surface area contributed by atoms with Crippen molar-refractivity contribution < 1.29 is 0 Å². The maximum atomic E-state index is 5.78. The van der Waals surface area contributed by atoms with Gasteiger partial charge in [-0.25, -0.2) is 0 Å². The van der Waals surface area contributed by atoms with E-state index < -0.39 is 0 Å². The van der Waals surface area contributed by atoms with Crippen LogP contribution < -0.4 is 11.3 Å². The molecule has 100 valence electrons. The normalized spacial score (nSPS) is 12.4. The largest absolute Gasteiger partial charge is 0.271 e. The summed E-state index contributed by atoms with van der Waals surface area (Å²) in [5, 5.41) is 0. The lowest BCUT2D eigenvalue weighted by Crippen LogP contribution is -2.30. The predicted molar refractivity (Wildman–Crippen MR) is 80.8 cm³/mol. The van der Waals surface area contributed by atoms with Crippen LogP contribution in [0.4, 0.5) is 0 Å². The van der Waals surface area contributed by atoms with Gasteiger partial charge in [0.2, 0.25) is 0 Å². The zero-order valence-electron chi connectivity index (χ0n) is 11.7. The average Bonchev–Trinajstić information content (AvgIpc) is 2.46. The highest BCUT2D eigenvalue weighted by molar-refractivity contribution is 5.33. The minimum atomic E-state index is 0.164. The number of hydrogen-bond donors (Lipinski definition) is 2. The Morgan fingerprint density at radius 2 is 1.63 bits per heavy atom. The molecule has 0 aromatic heterocycles. The monoisotopic (exact) mass is 254 g/mol. The van der Waals surface area contributed by atoms with Crippen LogP contribution in [0.1, 0.15) is 35.2 Å². The number of benzene rings is 2. The maximum Gasteiger partial charge on any atom is 0.0503 e. The second kappa shape index (κ2) is 6.50. The first-order chi connectivity index (χ1) is 9.26. The smallest absolute Gasteiger partial charge is 0.0503 e. The molecule has 0 aliphatic heterocycles. The number of nitrogens with two attached hydrogens (primary N) is 1. The number of hydrogen-bond acceptors (Lipinski definition) is 2. The summed E-state index contributed by atoms with van der Waals surface area (Å²) in [6, 6.07) is 17.2. The van der Waals surface area contributed by atoms with Gasteiger partial charge in [0.15, 0.2) is 0 Å². The minimum Gasteiger partial charge on any atom is -0.271 e. The van der Waals surface area contributed by atoms with Gasteiger partial charge in [-0.3, -0.25) is 11.3 Å². The van der Waals surface area contributed by atoms with Crippen LogP contribution in [0.25, 0.3) is 0 Å². The highest BCUT2D eigenvalue weighted by Crippen LogP contribution is 2.23. The first-order valence-electron chi connectivity index (χ1n) is 6.84. The van der Waals surface area contributed by atoms with Crippen molar-refractivity contribution in [3.8, 4) is 0 Å². The molecule has 2 aromatic rings. The molecule has 3 N–H and O–H groups in total. The molecule has 2 nitrogen and oxygen atoms in total. The van der Waals surface area contributed by atoms with Crippen LogP contribution >= 0.6 is 0 Å². The summed E-state index contributed by atoms with van der Waals surface area (Å²) < 4.78 is 0. The first-order valence-corrected chi connectivity index (χ1v) is 6.84. The molecule has 0 amide bonds. The summed E-state index contributed by atoms with van der Waals surface area (Å²) in [5.41, 5.74) is 8.29. The second-order valence-corrected chi connectivity index (χ2v) is 4.90. The molecule has 0 saturated carbocycles. The molecule has 0 saturated heterocycles. The molecule has 2 aromatic carbocycles. The average molecular weight is 254 g/mol. The van der Waals surface area contributed by atoms with Crippen molar-refractivity contribution >= 4 is 0 Å². The summed E-state index contributed by atoms with van der Waals surface area (Å²) in [7, 11) is 0. The fraction of sp³-hybridized carbons (Fsp3) is 0.294. The van der Waals surface area contributed by atoms with E-state index in [0.29, 0.717) is 0 Å². The van der Waals surface area contributed by atoms with E-state index in [1.54, 1.807) is 0 Å². The van der Waals surface area contributed by atoms with Crippen LogP contribution in [0.2, 0.25) is 0 Å². The molecule has 0 fully saturated rings. The number of aryl methyl sites for hydroxylation is 2. The van der Waals surface area contributed by atoms with E-state index in [0.717, 1.165) is 12.8 Å². The van der Waals surface area contributed by atoms with Gasteiger partial charge in [-0.05, 0) is 42.0 Å². The molecule has 19 heavy (non-hydrogen) atoms.